The Morgan fingerprint density at radius 2 is 1.96 bits per heavy atom. The maximum absolute atomic E-state index is 12.8. The molecular weight excluding hydrogens is 385 g/mol. The molecule has 0 unspecified atom stereocenters. The minimum absolute atomic E-state index is 0.110. The lowest BCUT2D eigenvalue weighted by Crippen LogP contribution is -2.28. The highest BCUT2D eigenvalue weighted by Crippen LogP contribution is 2.33. The summed E-state index contributed by atoms with van der Waals surface area (Å²) in [4.78, 5) is 4.57. The van der Waals surface area contributed by atoms with Gasteiger partial charge in [0.2, 0.25) is 15.9 Å². The third-order valence-electron chi connectivity index (χ3n) is 4.14. The molecule has 9 heteroatoms. The van der Waals surface area contributed by atoms with Crippen molar-refractivity contribution < 1.29 is 12.9 Å². The van der Waals surface area contributed by atoms with Crippen LogP contribution in [0.3, 0.4) is 0 Å². The minimum atomic E-state index is -3.64. The molecule has 25 heavy (non-hydrogen) atoms. The van der Waals surface area contributed by atoms with E-state index in [4.69, 9.17) is 27.7 Å². The van der Waals surface area contributed by atoms with Crippen LogP contribution in [-0.2, 0) is 15.4 Å². The average Bonchev–Trinajstić information content (AvgIpc) is 3.17. The Kier molecular flexibility index (Phi) is 4.87. The first-order chi connectivity index (χ1) is 11.6. The monoisotopic (exact) mass is 403 g/mol. The van der Waals surface area contributed by atoms with Crippen molar-refractivity contribution >= 4 is 33.2 Å². The van der Waals surface area contributed by atoms with Crippen LogP contribution in [0.2, 0.25) is 10.0 Å². The molecule has 1 aromatic heterocycles. The Morgan fingerprint density at radius 3 is 2.56 bits per heavy atom. The van der Waals surface area contributed by atoms with Gasteiger partial charge in [-0.1, -0.05) is 49.1 Å². The molecule has 0 amide bonds. The largest absolute Gasteiger partial charge is 0.339 e. The summed E-state index contributed by atoms with van der Waals surface area (Å²) >= 11 is 11.8. The number of nitrogens with zero attached hydrogens (tertiary/aromatic N) is 3. The van der Waals surface area contributed by atoms with Crippen molar-refractivity contribution in [3.8, 4) is 0 Å². The first kappa shape index (κ1) is 18.6. The summed E-state index contributed by atoms with van der Waals surface area (Å²) in [5, 5.41) is 4.55. The molecule has 0 aliphatic carbocycles. The van der Waals surface area contributed by atoms with E-state index < -0.39 is 10.0 Å². The summed E-state index contributed by atoms with van der Waals surface area (Å²) in [6, 6.07) is 4.32. The number of hydrogen-bond acceptors (Lipinski definition) is 5. The fourth-order valence-electron chi connectivity index (χ4n) is 2.64. The number of sulfonamides is 1. The van der Waals surface area contributed by atoms with Crippen molar-refractivity contribution in [1.82, 2.24) is 14.4 Å². The summed E-state index contributed by atoms with van der Waals surface area (Å²) in [6.07, 6.45) is 0.631. The van der Waals surface area contributed by atoms with Crippen LogP contribution < -0.4 is 0 Å². The number of rotatable bonds is 3. The van der Waals surface area contributed by atoms with E-state index in [9.17, 15) is 8.42 Å². The average molecular weight is 404 g/mol. The quantitative estimate of drug-likeness (QED) is 0.777. The van der Waals surface area contributed by atoms with E-state index >= 15 is 0 Å². The Balaban J connectivity index is 1.80. The first-order valence-corrected chi connectivity index (χ1v) is 10.1. The van der Waals surface area contributed by atoms with E-state index in [-0.39, 0.29) is 21.3 Å². The van der Waals surface area contributed by atoms with Crippen molar-refractivity contribution in [3.05, 3.63) is 40.0 Å². The molecule has 1 saturated heterocycles. The Labute approximate surface area is 157 Å². The fourth-order valence-corrected chi connectivity index (χ4v) is 4.53. The van der Waals surface area contributed by atoms with Crippen LogP contribution in [0.4, 0.5) is 0 Å². The van der Waals surface area contributed by atoms with Crippen molar-refractivity contribution in [3.63, 3.8) is 0 Å². The van der Waals surface area contributed by atoms with E-state index in [0.29, 0.717) is 36.2 Å². The second kappa shape index (κ2) is 6.54. The molecule has 0 radical (unpaired) electrons. The van der Waals surface area contributed by atoms with E-state index in [0.717, 1.165) is 0 Å². The van der Waals surface area contributed by atoms with Gasteiger partial charge in [-0.15, -0.1) is 0 Å². The second-order valence-corrected chi connectivity index (χ2v) is 9.88. The molecule has 1 aromatic carbocycles. The lowest BCUT2D eigenvalue weighted by molar-refractivity contribution is 0.343. The van der Waals surface area contributed by atoms with Crippen LogP contribution >= 0.6 is 23.2 Å². The van der Waals surface area contributed by atoms with Crippen LogP contribution in [-0.4, -0.2) is 36.0 Å². The maximum Gasteiger partial charge on any atom is 0.243 e. The molecule has 2 heterocycles. The number of benzene rings is 1. The second-order valence-electron chi connectivity index (χ2n) is 7.13. The van der Waals surface area contributed by atoms with E-state index in [2.05, 4.69) is 10.1 Å². The number of aromatic nitrogens is 2. The molecule has 1 atom stereocenters. The molecule has 0 saturated carbocycles. The van der Waals surface area contributed by atoms with Gasteiger partial charge in [-0.3, -0.25) is 0 Å². The molecule has 1 aliphatic rings. The molecule has 1 fully saturated rings. The van der Waals surface area contributed by atoms with Gasteiger partial charge in [-0.25, -0.2) is 8.42 Å². The third-order valence-corrected chi connectivity index (χ3v) is 6.74. The van der Waals surface area contributed by atoms with Crippen LogP contribution in [0.1, 0.15) is 44.8 Å². The predicted molar refractivity (Wildman–Crippen MR) is 95.6 cm³/mol. The lowest BCUT2D eigenvalue weighted by Gasteiger charge is -2.16. The summed E-state index contributed by atoms with van der Waals surface area (Å²) < 4.78 is 32.4. The highest BCUT2D eigenvalue weighted by molar-refractivity contribution is 7.89. The Bertz CT molecular complexity index is 890. The molecule has 6 nitrogen and oxygen atoms in total. The van der Waals surface area contributed by atoms with E-state index in [1.54, 1.807) is 0 Å². The Morgan fingerprint density at radius 1 is 1.24 bits per heavy atom. The van der Waals surface area contributed by atoms with Gasteiger partial charge in [-0.05, 0) is 24.6 Å². The number of halogens is 2. The van der Waals surface area contributed by atoms with Crippen molar-refractivity contribution in [2.75, 3.05) is 13.1 Å². The molecule has 2 aromatic rings. The van der Waals surface area contributed by atoms with Gasteiger partial charge in [0.15, 0.2) is 5.82 Å². The molecule has 0 bridgehead atoms. The summed E-state index contributed by atoms with van der Waals surface area (Å²) in [7, 11) is -3.64. The highest BCUT2D eigenvalue weighted by atomic mass is 35.5. The van der Waals surface area contributed by atoms with Crippen LogP contribution in [0.25, 0.3) is 0 Å². The SMILES string of the molecule is CC(C)(C)c1noc([C@H]2CCN(S(=O)(=O)c3ccc(Cl)c(Cl)c3)C2)n1. The van der Waals surface area contributed by atoms with E-state index in [1.165, 1.54) is 22.5 Å². The van der Waals surface area contributed by atoms with Crippen molar-refractivity contribution in [2.24, 2.45) is 0 Å². The zero-order chi connectivity index (χ0) is 18.4. The summed E-state index contributed by atoms with van der Waals surface area (Å²) in [5.74, 6) is 0.992. The van der Waals surface area contributed by atoms with Gasteiger partial charge in [-0.2, -0.15) is 9.29 Å². The van der Waals surface area contributed by atoms with Gasteiger partial charge in [0.1, 0.15) is 0 Å². The van der Waals surface area contributed by atoms with Crippen LogP contribution in [0.15, 0.2) is 27.6 Å². The van der Waals surface area contributed by atoms with Crippen LogP contribution in [0, 0.1) is 0 Å². The smallest absolute Gasteiger partial charge is 0.243 e. The van der Waals surface area contributed by atoms with Gasteiger partial charge in [0.25, 0.3) is 0 Å². The maximum atomic E-state index is 12.8. The fraction of sp³-hybridized carbons (Fsp3) is 0.500. The van der Waals surface area contributed by atoms with Gasteiger partial charge < -0.3 is 4.52 Å². The normalized spacial score (nSPS) is 19.5. The Hall–Kier alpha value is -1.15. The van der Waals surface area contributed by atoms with E-state index in [1.807, 2.05) is 20.8 Å². The molecule has 0 N–H and O–H groups in total. The predicted octanol–water partition coefficient (Wildman–Crippen LogP) is 3.85. The summed E-state index contributed by atoms with van der Waals surface area (Å²) in [5.41, 5.74) is -0.216. The molecule has 1 aliphatic heterocycles. The molecule has 136 valence electrons. The van der Waals surface area contributed by atoms with Gasteiger partial charge in [0.05, 0.1) is 20.9 Å². The lowest BCUT2D eigenvalue weighted by atomic mass is 9.96. The third kappa shape index (κ3) is 3.69. The zero-order valence-electron chi connectivity index (χ0n) is 14.2. The zero-order valence-corrected chi connectivity index (χ0v) is 16.5. The van der Waals surface area contributed by atoms with Crippen LogP contribution in [0.5, 0.6) is 0 Å². The summed E-state index contributed by atoms with van der Waals surface area (Å²) in [6.45, 7) is 6.68. The molecule has 3 rings (SSSR count). The van der Waals surface area contributed by atoms with Crippen molar-refractivity contribution in [2.45, 2.75) is 43.4 Å². The minimum Gasteiger partial charge on any atom is -0.339 e. The van der Waals surface area contributed by atoms with Crippen molar-refractivity contribution in [1.29, 1.82) is 0 Å². The van der Waals surface area contributed by atoms with Gasteiger partial charge in [0, 0.05) is 18.5 Å². The molecule has 0 spiro atoms. The topological polar surface area (TPSA) is 76.3 Å². The first-order valence-electron chi connectivity index (χ1n) is 7.88. The highest BCUT2D eigenvalue weighted by Gasteiger charge is 2.36. The van der Waals surface area contributed by atoms with Gasteiger partial charge >= 0.3 is 0 Å². The standard InChI is InChI=1S/C16H19Cl2N3O3S/c1-16(2,3)15-19-14(24-20-15)10-6-7-21(9-10)25(22,23)11-4-5-12(17)13(18)8-11/h4-5,8,10H,6-7,9H2,1-3H3/t10-/m0/s1. The number of hydrogen-bond donors (Lipinski definition) is 0. The molecular formula is C16H19Cl2N3O3S.